The Labute approximate surface area is 83.1 Å². The molecule has 0 radical (unpaired) electrons. The maximum Gasteiger partial charge on any atom is 0.245 e. The summed E-state index contributed by atoms with van der Waals surface area (Å²) in [6.45, 7) is -0.0204. The molecule has 0 unspecified atom stereocenters. The maximum absolute atomic E-state index is 10.6. The summed E-state index contributed by atoms with van der Waals surface area (Å²) in [5, 5.41) is 10.9. The lowest BCUT2D eigenvalue weighted by Gasteiger charge is -1.97. The first kappa shape index (κ1) is 10.5. The second kappa shape index (κ2) is 5.94. The van der Waals surface area contributed by atoms with E-state index in [1.807, 2.05) is 42.5 Å². The molecule has 0 aromatic heterocycles. The van der Waals surface area contributed by atoms with E-state index in [0.717, 1.165) is 5.56 Å². The molecule has 3 nitrogen and oxygen atoms in total. The van der Waals surface area contributed by atoms with Gasteiger partial charge in [-0.1, -0.05) is 42.5 Å². The minimum Gasteiger partial charge on any atom is -0.387 e. The molecule has 2 N–H and O–H groups in total. The number of hydrogen-bond donors (Lipinski definition) is 2. The van der Waals surface area contributed by atoms with Crippen molar-refractivity contribution >= 4 is 12.0 Å². The first-order chi connectivity index (χ1) is 6.83. The van der Waals surface area contributed by atoms with Crippen molar-refractivity contribution in [1.29, 1.82) is 0 Å². The van der Waals surface area contributed by atoms with E-state index in [9.17, 15) is 4.79 Å². The second-order valence-electron chi connectivity index (χ2n) is 2.78. The zero-order valence-corrected chi connectivity index (χ0v) is 7.81. The van der Waals surface area contributed by atoms with Crippen LogP contribution in [-0.4, -0.2) is 24.2 Å². The average molecular weight is 191 g/mol. The van der Waals surface area contributed by atoms with Gasteiger partial charge in [0.15, 0.2) is 0 Å². The summed E-state index contributed by atoms with van der Waals surface area (Å²) in [6.07, 6.45) is 3.75. The average Bonchev–Trinajstić information content (AvgIpc) is 2.25. The van der Waals surface area contributed by atoms with Crippen LogP contribution in [0, 0.1) is 0 Å². The summed E-state index contributed by atoms with van der Waals surface area (Å²) in [6, 6.07) is 9.80. The maximum atomic E-state index is 10.6. The molecule has 0 saturated heterocycles. The fraction of sp³-hybridized carbons (Fsp3) is 0.182. The Morgan fingerprint density at radius 3 is 2.71 bits per heavy atom. The van der Waals surface area contributed by atoms with Crippen molar-refractivity contribution in [1.82, 2.24) is 5.32 Å². The van der Waals surface area contributed by atoms with Gasteiger partial charge in [-0.3, -0.25) is 4.79 Å². The van der Waals surface area contributed by atoms with Gasteiger partial charge >= 0.3 is 0 Å². The number of hydrogen-bond acceptors (Lipinski definition) is 2. The molecule has 3 heteroatoms. The van der Waals surface area contributed by atoms with Gasteiger partial charge in [-0.25, -0.2) is 0 Å². The zero-order valence-electron chi connectivity index (χ0n) is 7.81. The Morgan fingerprint density at radius 2 is 2.07 bits per heavy atom. The molecule has 0 spiro atoms. The number of amides is 1. The van der Waals surface area contributed by atoms with Gasteiger partial charge in [0.2, 0.25) is 5.91 Å². The first-order valence-corrected chi connectivity index (χ1v) is 4.42. The molecule has 0 fully saturated rings. The highest BCUT2D eigenvalue weighted by Crippen LogP contribution is 1.99. The molecule has 1 rings (SSSR count). The monoisotopic (exact) mass is 191 g/mol. The molecule has 0 atom stereocenters. The molecule has 0 heterocycles. The normalized spacial score (nSPS) is 10.4. The van der Waals surface area contributed by atoms with Crippen molar-refractivity contribution < 1.29 is 9.90 Å². The molecule has 0 aliphatic heterocycles. The smallest absolute Gasteiger partial charge is 0.245 e. The van der Waals surface area contributed by atoms with E-state index in [1.54, 1.807) is 0 Å². The molecule has 0 aliphatic carbocycles. The van der Waals surface area contributed by atoms with Gasteiger partial charge in [0.25, 0.3) is 0 Å². The standard InChI is InChI=1S/C11H13NO2/c13-9-11(14)12-8-4-7-10-5-2-1-3-6-10/h1-7,13H,8-9H2,(H,12,14). The van der Waals surface area contributed by atoms with Crippen LogP contribution < -0.4 is 5.32 Å². The lowest BCUT2D eigenvalue weighted by molar-refractivity contribution is -0.123. The number of carbonyl (C=O) groups excluding carboxylic acids is 1. The highest BCUT2D eigenvalue weighted by Gasteiger charge is 1.92. The summed E-state index contributed by atoms with van der Waals surface area (Å²) in [5.41, 5.74) is 1.09. The Morgan fingerprint density at radius 1 is 1.36 bits per heavy atom. The molecule has 1 aromatic rings. The SMILES string of the molecule is O=C(CO)NCC=Cc1ccccc1. The van der Waals surface area contributed by atoms with Gasteiger partial charge in [0.05, 0.1) is 0 Å². The van der Waals surface area contributed by atoms with Crippen molar-refractivity contribution in [3.8, 4) is 0 Å². The fourth-order valence-electron chi connectivity index (χ4n) is 0.988. The van der Waals surface area contributed by atoms with Crippen molar-refractivity contribution in [3.05, 3.63) is 42.0 Å². The third-order valence-corrected chi connectivity index (χ3v) is 1.67. The van der Waals surface area contributed by atoms with Crippen LogP contribution in [0.3, 0.4) is 0 Å². The number of aliphatic hydroxyl groups is 1. The molecular weight excluding hydrogens is 178 g/mol. The fourth-order valence-corrected chi connectivity index (χ4v) is 0.988. The molecule has 0 saturated carbocycles. The lowest BCUT2D eigenvalue weighted by atomic mass is 10.2. The summed E-state index contributed by atoms with van der Waals surface area (Å²) < 4.78 is 0. The summed E-state index contributed by atoms with van der Waals surface area (Å²) >= 11 is 0. The molecule has 74 valence electrons. The van der Waals surface area contributed by atoms with Gasteiger partial charge < -0.3 is 10.4 Å². The van der Waals surface area contributed by atoms with E-state index in [4.69, 9.17) is 5.11 Å². The van der Waals surface area contributed by atoms with Gasteiger partial charge in [0.1, 0.15) is 6.61 Å². The Bertz CT molecular complexity index is 306. The second-order valence-corrected chi connectivity index (χ2v) is 2.78. The van der Waals surface area contributed by atoms with Crippen LogP contribution in [0.5, 0.6) is 0 Å². The Hall–Kier alpha value is -1.61. The van der Waals surface area contributed by atoms with Gasteiger partial charge in [0, 0.05) is 6.54 Å². The van der Waals surface area contributed by atoms with Crippen molar-refractivity contribution in [2.24, 2.45) is 0 Å². The Kier molecular flexibility index (Phi) is 4.44. The lowest BCUT2D eigenvalue weighted by Crippen LogP contribution is -2.25. The van der Waals surface area contributed by atoms with Crippen LogP contribution in [-0.2, 0) is 4.79 Å². The highest BCUT2D eigenvalue weighted by atomic mass is 16.3. The minimum atomic E-state index is -0.459. The predicted octanol–water partition coefficient (Wildman–Crippen LogP) is 0.808. The molecule has 14 heavy (non-hydrogen) atoms. The topological polar surface area (TPSA) is 49.3 Å². The molecule has 1 aromatic carbocycles. The zero-order chi connectivity index (χ0) is 10.2. The van der Waals surface area contributed by atoms with E-state index in [0.29, 0.717) is 6.54 Å². The molecule has 0 aliphatic rings. The highest BCUT2D eigenvalue weighted by molar-refractivity contribution is 5.77. The number of benzene rings is 1. The van der Waals surface area contributed by atoms with Crippen molar-refractivity contribution in [2.45, 2.75) is 0 Å². The predicted molar refractivity (Wildman–Crippen MR) is 55.6 cm³/mol. The van der Waals surface area contributed by atoms with E-state index in [1.165, 1.54) is 0 Å². The number of nitrogens with one attached hydrogen (secondary N) is 1. The van der Waals surface area contributed by atoms with E-state index >= 15 is 0 Å². The first-order valence-electron chi connectivity index (χ1n) is 4.42. The number of aliphatic hydroxyl groups excluding tert-OH is 1. The van der Waals surface area contributed by atoms with Gasteiger partial charge in [-0.05, 0) is 5.56 Å². The minimum absolute atomic E-state index is 0.359. The molecular formula is C11H13NO2. The quantitative estimate of drug-likeness (QED) is 0.739. The van der Waals surface area contributed by atoms with Gasteiger partial charge in [-0.15, -0.1) is 0 Å². The largest absolute Gasteiger partial charge is 0.387 e. The summed E-state index contributed by atoms with van der Waals surface area (Å²) in [7, 11) is 0. The Balaban J connectivity index is 2.31. The van der Waals surface area contributed by atoms with Crippen LogP contribution >= 0.6 is 0 Å². The van der Waals surface area contributed by atoms with Crippen LogP contribution in [0.25, 0.3) is 6.08 Å². The van der Waals surface area contributed by atoms with Crippen LogP contribution in [0.4, 0.5) is 0 Å². The van der Waals surface area contributed by atoms with E-state index in [2.05, 4.69) is 5.32 Å². The number of rotatable bonds is 4. The molecule has 1 amide bonds. The van der Waals surface area contributed by atoms with E-state index < -0.39 is 6.61 Å². The van der Waals surface area contributed by atoms with Crippen LogP contribution in [0.2, 0.25) is 0 Å². The van der Waals surface area contributed by atoms with Crippen LogP contribution in [0.15, 0.2) is 36.4 Å². The van der Waals surface area contributed by atoms with Gasteiger partial charge in [-0.2, -0.15) is 0 Å². The van der Waals surface area contributed by atoms with Crippen molar-refractivity contribution in [3.63, 3.8) is 0 Å². The third kappa shape index (κ3) is 3.87. The molecule has 0 bridgehead atoms. The van der Waals surface area contributed by atoms with Crippen molar-refractivity contribution in [2.75, 3.05) is 13.2 Å². The van der Waals surface area contributed by atoms with E-state index in [-0.39, 0.29) is 5.91 Å². The summed E-state index contributed by atoms with van der Waals surface area (Å²) in [4.78, 5) is 10.6. The van der Waals surface area contributed by atoms with Crippen LogP contribution in [0.1, 0.15) is 5.56 Å². The third-order valence-electron chi connectivity index (χ3n) is 1.67. The summed E-state index contributed by atoms with van der Waals surface area (Å²) in [5.74, 6) is -0.359. The number of carbonyl (C=O) groups is 1.